The maximum absolute atomic E-state index is 12.7. The zero-order valence-electron chi connectivity index (χ0n) is 9.90. The molecular formula is C9H7ClF7N3O. The average Bonchev–Trinajstić information content (AvgIpc) is 2.32. The van der Waals surface area contributed by atoms with E-state index in [4.69, 9.17) is 11.6 Å². The third-order valence-corrected chi connectivity index (χ3v) is 2.51. The van der Waals surface area contributed by atoms with Crippen molar-refractivity contribution in [1.29, 1.82) is 0 Å². The summed E-state index contributed by atoms with van der Waals surface area (Å²) in [7, 11) is 0. The lowest BCUT2D eigenvalue weighted by molar-refractivity contribution is -0.143. The zero-order chi connectivity index (χ0) is 16.4. The summed E-state index contributed by atoms with van der Waals surface area (Å²) in [5.74, 6) is -4.40. The van der Waals surface area contributed by atoms with E-state index in [0.29, 0.717) is 6.20 Å². The van der Waals surface area contributed by atoms with Crippen molar-refractivity contribution in [3.63, 3.8) is 0 Å². The van der Waals surface area contributed by atoms with Gasteiger partial charge in [-0.15, -0.1) is 0 Å². The van der Waals surface area contributed by atoms with E-state index in [0.717, 1.165) is 0 Å². The summed E-state index contributed by atoms with van der Waals surface area (Å²) in [5, 5.41) is 3.96. The molecule has 0 aliphatic rings. The molecule has 0 amide bonds. The van der Waals surface area contributed by atoms with Crippen LogP contribution in [0.3, 0.4) is 0 Å². The van der Waals surface area contributed by atoms with Crippen LogP contribution in [0.1, 0.15) is 0 Å². The quantitative estimate of drug-likeness (QED) is 0.838. The second kappa shape index (κ2) is 6.08. The van der Waals surface area contributed by atoms with E-state index in [1.165, 1.54) is 0 Å². The van der Waals surface area contributed by atoms with Crippen LogP contribution in [0.15, 0.2) is 11.0 Å². The maximum Gasteiger partial charge on any atom is 0.408 e. The fourth-order valence-electron chi connectivity index (χ4n) is 1.16. The Hall–Kier alpha value is -1.52. The molecule has 1 heterocycles. The molecule has 0 unspecified atom stereocenters. The Kier molecular flexibility index (Phi) is 5.07. The second-order valence-corrected chi connectivity index (χ2v) is 4.24. The topological polar surface area (TPSA) is 46.9 Å². The predicted octanol–water partition coefficient (Wildman–Crippen LogP) is 2.77. The Balaban J connectivity index is 2.93. The van der Waals surface area contributed by atoms with Crippen molar-refractivity contribution in [1.82, 2.24) is 9.78 Å². The first-order valence-electron chi connectivity index (χ1n) is 5.16. The minimum atomic E-state index is -4.74. The largest absolute Gasteiger partial charge is 0.408 e. The fraction of sp³-hybridized carbons (Fsp3) is 0.556. The van der Waals surface area contributed by atoms with E-state index in [9.17, 15) is 35.5 Å². The molecule has 0 radical (unpaired) electrons. The molecule has 0 saturated carbocycles. The number of hydrogen-bond donors (Lipinski definition) is 1. The van der Waals surface area contributed by atoms with Crippen LogP contribution >= 0.6 is 11.6 Å². The van der Waals surface area contributed by atoms with E-state index >= 15 is 0 Å². The molecule has 1 aromatic heterocycles. The number of nitrogens with one attached hydrogen (secondary N) is 1. The highest BCUT2D eigenvalue weighted by molar-refractivity contribution is 6.32. The first-order valence-corrected chi connectivity index (χ1v) is 5.54. The highest BCUT2D eigenvalue weighted by Gasteiger charge is 2.40. The molecule has 21 heavy (non-hydrogen) atoms. The van der Waals surface area contributed by atoms with Gasteiger partial charge in [-0.1, -0.05) is 11.6 Å². The standard InChI is InChI=1S/C9H7ClF7N3O/c10-5-4(18-2-8(13,14)7(11)12)1-19-20(6(5)21)3-9(15,16)17/h1,7,18H,2-3H2. The summed E-state index contributed by atoms with van der Waals surface area (Å²) in [6.07, 6.45) is -8.13. The Morgan fingerprint density at radius 1 is 1.29 bits per heavy atom. The van der Waals surface area contributed by atoms with E-state index in [-0.39, 0.29) is 4.68 Å². The van der Waals surface area contributed by atoms with Crippen molar-refractivity contribution < 1.29 is 30.7 Å². The highest BCUT2D eigenvalue weighted by atomic mass is 35.5. The van der Waals surface area contributed by atoms with Crippen LogP contribution in [0, 0.1) is 0 Å². The zero-order valence-corrected chi connectivity index (χ0v) is 10.7. The molecule has 120 valence electrons. The Morgan fingerprint density at radius 3 is 2.33 bits per heavy atom. The van der Waals surface area contributed by atoms with Crippen LogP contribution in [0.2, 0.25) is 5.02 Å². The summed E-state index contributed by atoms with van der Waals surface area (Å²) in [6, 6.07) is 0. The molecule has 1 rings (SSSR count). The van der Waals surface area contributed by atoms with Crippen molar-refractivity contribution in [3.8, 4) is 0 Å². The molecule has 0 fully saturated rings. The average molecular weight is 342 g/mol. The van der Waals surface area contributed by atoms with E-state index in [1.54, 1.807) is 5.32 Å². The summed E-state index contributed by atoms with van der Waals surface area (Å²) in [5.41, 5.74) is -1.96. The molecule has 1 aromatic rings. The number of hydrogen-bond acceptors (Lipinski definition) is 3. The van der Waals surface area contributed by atoms with Crippen molar-refractivity contribution in [2.75, 3.05) is 11.9 Å². The lowest BCUT2D eigenvalue weighted by Gasteiger charge is -2.17. The Labute approximate surface area is 117 Å². The van der Waals surface area contributed by atoms with Crippen molar-refractivity contribution in [3.05, 3.63) is 21.6 Å². The third-order valence-electron chi connectivity index (χ3n) is 2.15. The number of rotatable bonds is 5. The van der Waals surface area contributed by atoms with Crippen LogP contribution in [0.25, 0.3) is 0 Å². The summed E-state index contributed by atoms with van der Waals surface area (Å²) in [6.45, 7) is -3.28. The normalized spacial score (nSPS) is 12.8. The van der Waals surface area contributed by atoms with E-state index in [1.807, 2.05) is 0 Å². The monoisotopic (exact) mass is 341 g/mol. The lowest BCUT2D eigenvalue weighted by atomic mass is 10.3. The molecule has 4 nitrogen and oxygen atoms in total. The Bertz CT molecular complexity index is 557. The fourth-order valence-corrected chi connectivity index (χ4v) is 1.37. The number of alkyl halides is 7. The van der Waals surface area contributed by atoms with Gasteiger partial charge < -0.3 is 5.32 Å². The smallest absolute Gasteiger partial charge is 0.376 e. The second-order valence-electron chi connectivity index (χ2n) is 3.87. The predicted molar refractivity (Wildman–Crippen MR) is 59.0 cm³/mol. The molecule has 0 aliphatic carbocycles. The van der Waals surface area contributed by atoms with Gasteiger partial charge in [-0.2, -0.15) is 27.1 Å². The van der Waals surface area contributed by atoms with E-state index < -0.39 is 47.9 Å². The van der Waals surface area contributed by atoms with Crippen molar-refractivity contribution in [2.45, 2.75) is 25.1 Å². The van der Waals surface area contributed by atoms with E-state index in [2.05, 4.69) is 5.10 Å². The number of anilines is 1. The first kappa shape index (κ1) is 17.5. The molecule has 0 aliphatic heterocycles. The van der Waals surface area contributed by atoms with Crippen LogP contribution < -0.4 is 10.9 Å². The minimum Gasteiger partial charge on any atom is -0.376 e. The molecule has 0 atom stereocenters. The van der Waals surface area contributed by atoms with Crippen molar-refractivity contribution in [2.24, 2.45) is 0 Å². The number of halogens is 8. The summed E-state index contributed by atoms with van der Waals surface area (Å²) in [4.78, 5) is 11.4. The van der Waals surface area contributed by atoms with Gasteiger partial charge in [0.15, 0.2) is 0 Å². The number of nitrogens with zero attached hydrogens (tertiary/aromatic N) is 2. The van der Waals surface area contributed by atoms with Gasteiger partial charge in [0, 0.05) is 0 Å². The van der Waals surface area contributed by atoms with Crippen LogP contribution in [0.4, 0.5) is 36.4 Å². The van der Waals surface area contributed by atoms with Gasteiger partial charge in [-0.25, -0.2) is 13.5 Å². The summed E-state index contributed by atoms with van der Waals surface area (Å²) < 4.78 is 85.4. The first-order chi connectivity index (χ1) is 9.44. The summed E-state index contributed by atoms with van der Waals surface area (Å²) >= 11 is 5.40. The van der Waals surface area contributed by atoms with Gasteiger partial charge in [0.05, 0.1) is 18.4 Å². The van der Waals surface area contributed by atoms with Gasteiger partial charge in [-0.05, 0) is 0 Å². The van der Waals surface area contributed by atoms with Crippen LogP contribution in [-0.2, 0) is 6.54 Å². The third kappa shape index (κ3) is 4.76. The SMILES string of the molecule is O=c1c(Cl)c(NCC(F)(F)C(F)F)cnn1CC(F)(F)F. The van der Waals surface area contributed by atoms with Gasteiger partial charge in [0.1, 0.15) is 11.6 Å². The molecule has 0 spiro atoms. The number of aromatic nitrogens is 2. The van der Waals surface area contributed by atoms with Crippen LogP contribution in [-0.4, -0.2) is 34.8 Å². The molecule has 0 aromatic carbocycles. The molecule has 1 N–H and O–H groups in total. The highest BCUT2D eigenvalue weighted by Crippen LogP contribution is 2.25. The van der Waals surface area contributed by atoms with Gasteiger partial charge >= 0.3 is 18.5 Å². The molecule has 12 heteroatoms. The van der Waals surface area contributed by atoms with Crippen molar-refractivity contribution >= 4 is 17.3 Å². The maximum atomic E-state index is 12.7. The molecular weight excluding hydrogens is 335 g/mol. The Morgan fingerprint density at radius 2 is 1.86 bits per heavy atom. The molecule has 0 saturated heterocycles. The lowest BCUT2D eigenvalue weighted by Crippen LogP contribution is -2.36. The molecule has 0 bridgehead atoms. The van der Waals surface area contributed by atoms with Crippen LogP contribution in [0.5, 0.6) is 0 Å². The van der Waals surface area contributed by atoms with Gasteiger partial charge in [-0.3, -0.25) is 4.79 Å². The van der Waals surface area contributed by atoms with Gasteiger partial charge in [0.2, 0.25) is 0 Å². The van der Waals surface area contributed by atoms with Gasteiger partial charge in [0.25, 0.3) is 5.56 Å². The minimum absolute atomic E-state index is 0.0290.